The summed E-state index contributed by atoms with van der Waals surface area (Å²) in [7, 11) is 0. The Labute approximate surface area is 102 Å². The quantitative estimate of drug-likeness (QED) is 0.783. The molecule has 2 heteroatoms. The summed E-state index contributed by atoms with van der Waals surface area (Å²) in [5, 5.41) is 2.78. The molecule has 2 nitrogen and oxygen atoms in total. The molecule has 1 aromatic carbocycles. The minimum absolute atomic E-state index is 0.0116. The largest absolute Gasteiger partial charge is 0.342 e. The number of carbonyl (C=O) groups is 1. The second-order valence-corrected chi connectivity index (χ2v) is 3.60. The summed E-state index contributed by atoms with van der Waals surface area (Å²) < 4.78 is 0. The van der Waals surface area contributed by atoms with Crippen LogP contribution in [-0.2, 0) is 4.79 Å². The zero-order chi connectivity index (χ0) is 12.5. The highest BCUT2D eigenvalue weighted by Crippen LogP contribution is 1.96. The van der Waals surface area contributed by atoms with Crippen LogP contribution < -0.4 is 5.32 Å². The smallest absolute Gasteiger partial charge is 0.296 e. The molecule has 0 spiro atoms. The molecule has 0 saturated carbocycles. The van der Waals surface area contributed by atoms with Crippen LogP contribution in [0.15, 0.2) is 30.3 Å². The van der Waals surface area contributed by atoms with Crippen LogP contribution in [0.2, 0.25) is 0 Å². The second kappa shape index (κ2) is 7.14. The van der Waals surface area contributed by atoms with E-state index in [0.717, 1.165) is 12.0 Å². The number of rotatable bonds is 3. The molecule has 17 heavy (non-hydrogen) atoms. The Kier molecular flexibility index (Phi) is 5.41. The third-order valence-electron chi connectivity index (χ3n) is 2.29. The number of benzene rings is 1. The van der Waals surface area contributed by atoms with Gasteiger partial charge in [-0.05, 0) is 18.6 Å². The molecule has 1 unspecified atom stereocenters. The van der Waals surface area contributed by atoms with E-state index in [0.29, 0.717) is 6.42 Å². The molecule has 86 valence electrons. The lowest BCUT2D eigenvalue weighted by molar-refractivity contribution is -0.116. The Bertz CT molecular complexity index is 459. The maximum atomic E-state index is 11.5. The van der Waals surface area contributed by atoms with Crippen LogP contribution in [0.3, 0.4) is 0 Å². The van der Waals surface area contributed by atoms with Gasteiger partial charge in [0.2, 0.25) is 0 Å². The summed E-state index contributed by atoms with van der Waals surface area (Å²) in [6.07, 6.45) is 6.55. The van der Waals surface area contributed by atoms with Gasteiger partial charge in [-0.25, -0.2) is 0 Å². The fourth-order valence-corrected chi connectivity index (χ4v) is 1.31. The first-order valence-corrected chi connectivity index (χ1v) is 5.57. The highest BCUT2D eigenvalue weighted by Gasteiger charge is 2.06. The Balaban J connectivity index is 2.56. The molecule has 0 aliphatic carbocycles. The van der Waals surface area contributed by atoms with Crippen molar-refractivity contribution in [3.8, 4) is 24.2 Å². The summed E-state index contributed by atoms with van der Waals surface area (Å²) in [5.74, 6) is 7.61. The van der Waals surface area contributed by atoms with Crippen LogP contribution in [0.25, 0.3) is 0 Å². The van der Waals surface area contributed by atoms with Crippen molar-refractivity contribution in [1.82, 2.24) is 5.32 Å². The van der Waals surface area contributed by atoms with Crippen molar-refractivity contribution in [1.29, 1.82) is 0 Å². The molecule has 1 aromatic rings. The monoisotopic (exact) mass is 225 g/mol. The molecule has 0 aromatic heterocycles. The molecule has 0 aliphatic heterocycles. The first-order chi connectivity index (χ1) is 8.26. The van der Waals surface area contributed by atoms with Crippen molar-refractivity contribution in [2.24, 2.45) is 0 Å². The molecular formula is C15H15NO. The van der Waals surface area contributed by atoms with Gasteiger partial charge < -0.3 is 5.32 Å². The predicted molar refractivity (Wildman–Crippen MR) is 69.0 cm³/mol. The van der Waals surface area contributed by atoms with Gasteiger partial charge in [-0.2, -0.15) is 0 Å². The van der Waals surface area contributed by atoms with E-state index in [1.165, 1.54) is 0 Å². The molecule has 1 N–H and O–H groups in total. The number of carbonyl (C=O) groups excluding carboxylic acids is 1. The Morgan fingerprint density at radius 1 is 1.41 bits per heavy atom. The van der Waals surface area contributed by atoms with E-state index in [1.54, 1.807) is 0 Å². The lowest BCUT2D eigenvalue weighted by atomic mass is 10.1. The van der Waals surface area contributed by atoms with Crippen molar-refractivity contribution in [2.75, 3.05) is 0 Å². The Hall–Kier alpha value is -2.19. The number of amides is 1. The van der Waals surface area contributed by atoms with E-state index in [1.807, 2.05) is 37.3 Å². The van der Waals surface area contributed by atoms with Gasteiger partial charge in [0.1, 0.15) is 0 Å². The van der Waals surface area contributed by atoms with Gasteiger partial charge >= 0.3 is 0 Å². The van der Waals surface area contributed by atoms with Crippen molar-refractivity contribution < 1.29 is 4.79 Å². The fourth-order valence-electron chi connectivity index (χ4n) is 1.31. The zero-order valence-electron chi connectivity index (χ0n) is 9.86. The van der Waals surface area contributed by atoms with E-state index in [-0.39, 0.29) is 11.9 Å². The average molecular weight is 225 g/mol. The van der Waals surface area contributed by atoms with Gasteiger partial charge in [0, 0.05) is 23.9 Å². The van der Waals surface area contributed by atoms with Crippen LogP contribution >= 0.6 is 0 Å². The highest BCUT2D eigenvalue weighted by atomic mass is 16.1. The third kappa shape index (κ3) is 4.91. The summed E-state index contributed by atoms with van der Waals surface area (Å²) in [5.41, 5.74) is 0.827. The first kappa shape index (κ1) is 12.9. The Morgan fingerprint density at radius 3 is 2.71 bits per heavy atom. The van der Waals surface area contributed by atoms with Gasteiger partial charge in [-0.3, -0.25) is 4.79 Å². The standard InChI is InChI=1S/C15H15NO/c1-3-8-14(4-2)16-15(17)12-11-13-9-6-5-7-10-13/h1,5-7,9-10,14H,4,8H2,2H3,(H,16,17). The Morgan fingerprint density at radius 2 is 2.12 bits per heavy atom. The molecule has 1 rings (SSSR count). The number of hydrogen-bond acceptors (Lipinski definition) is 1. The van der Waals surface area contributed by atoms with Crippen molar-refractivity contribution in [3.63, 3.8) is 0 Å². The average Bonchev–Trinajstić information content (AvgIpc) is 2.37. The lowest BCUT2D eigenvalue weighted by Gasteiger charge is -2.10. The predicted octanol–water partition coefficient (Wildman–Crippen LogP) is 1.96. The fraction of sp³-hybridized carbons (Fsp3) is 0.267. The third-order valence-corrected chi connectivity index (χ3v) is 2.29. The lowest BCUT2D eigenvalue weighted by Crippen LogP contribution is -2.33. The molecular weight excluding hydrogens is 210 g/mol. The highest BCUT2D eigenvalue weighted by molar-refractivity contribution is 5.94. The van der Waals surface area contributed by atoms with E-state index in [9.17, 15) is 4.79 Å². The van der Waals surface area contributed by atoms with Gasteiger partial charge in [0.25, 0.3) is 5.91 Å². The van der Waals surface area contributed by atoms with Crippen molar-refractivity contribution in [2.45, 2.75) is 25.8 Å². The first-order valence-electron chi connectivity index (χ1n) is 5.57. The molecule has 0 fully saturated rings. The summed E-state index contributed by atoms with van der Waals surface area (Å²) in [4.78, 5) is 11.5. The van der Waals surface area contributed by atoms with Crippen molar-refractivity contribution in [3.05, 3.63) is 35.9 Å². The van der Waals surface area contributed by atoms with Crippen LogP contribution in [0, 0.1) is 24.2 Å². The topological polar surface area (TPSA) is 29.1 Å². The number of nitrogens with one attached hydrogen (secondary N) is 1. The van der Waals surface area contributed by atoms with Gasteiger partial charge in [-0.15, -0.1) is 12.3 Å². The summed E-state index contributed by atoms with van der Waals surface area (Å²) >= 11 is 0. The summed E-state index contributed by atoms with van der Waals surface area (Å²) in [6.45, 7) is 1.98. The normalized spacial score (nSPS) is 10.6. The molecule has 0 aliphatic rings. The van der Waals surface area contributed by atoms with E-state index in [2.05, 4.69) is 23.1 Å². The SMILES string of the molecule is C#CCC(CC)NC(=O)C#Cc1ccccc1. The molecule has 0 saturated heterocycles. The summed E-state index contributed by atoms with van der Waals surface area (Å²) in [6, 6.07) is 9.41. The van der Waals surface area contributed by atoms with E-state index >= 15 is 0 Å². The van der Waals surface area contributed by atoms with Crippen LogP contribution in [0.4, 0.5) is 0 Å². The van der Waals surface area contributed by atoms with Crippen LogP contribution in [0.5, 0.6) is 0 Å². The molecule has 0 heterocycles. The minimum atomic E-state index is -0.282. The van der Waals surface area contributed by atoms with Crippen LogP contribution in [0.1, 0.15) is 25.3 Å². The van der Waals surface area contributed by atoms with Gasteiger partial charge in [0.05, 0.1) is 0 Å². The maximum absolute atomic E-state index is 11.5. The van der Waals surface area contributed by atoms with Crippen molar-refractivity contribution >= 4 is 5.91 Å². The molecule has 0 bridgehead atoms. The maximum Gasteiger partial charge on any atom is 0.296 e. The van der Waals surface area contributed by atoms with Crippen LogP contribution in [-0.4, -0.2) is 11.9 Å². The minimum Gasteiger partial charge on any atom is -0.342 e. The zero-order valence-corrected chi connectivity index (χ0v) is 9.86. The molecule has 0 radical (unpaired) electrons. The number of terminal acetylenes is 1. The van der Waals surface area contributed by atoms with Gasteiger partial charge in [0.15, 0.2) is 0 Å². The van der Waals surface area contributed by atoms with E-state index in [4.69, 9.17) is 6.42 Å². The molecule has 1 amide bonds. The molecule has 1 atom stereocenters. The number of hydrogen-bond donors (Lipinski definition) is 1. The van der Waals surface area contributed by atoms with E-state index < -0.39 is 0 Å². The van der Waals surface area contributed by atoms with Gasteiger partial charge in [-0.1, -0.05) is 31.0 Å². The second-order valence-electron chi connectivity index (χ2n) is 3.60.